The molecule has 0 saturated heterocycles. The molecule has 0 saturated carbocycles. The van der Waals surface area contributed by atoms with Crippen molar-refractivity contribution in [1.82, 2.24) is 0 Å². The Bertz CT molecular complexity index is 675. The zero-order valence-corrected chi connectivity index (χ0v) is 14.8. The van der Waals surface area contributed by atoms with Crippen LogP contribution in [0.1, 0.15) is 31.7 Å². The number of carbonyl (C=O) groups excluding carboxylic acids is 2. The number of hydrogen-bond donors (Lipinski definition) is 1. The summed E-state index contributed by atoms with van der Waals surface area (Å²) < 4.78 is 10.4. The lowest BCUT2D eigenvalue weighted by atomic mass is 10.1. The Morgan fingerprint density at radius 1 is 1.38 bits per heavy atom. The molecule has 3 unspecified atom stereocenters. The topological polar surface area (TPSA) is 72.8 Å². The van der Waals surface area contributed by atoms with E-state index in [1.807, 2.05) is 36.4 Å². The molecule has 1 heterocycles. The number of rotatable bonds is 8. The summed E-state index contributed by atoms with van der Waals surface area (Å²) in [6.45, 7) is 1.35. The smallest absolute Gasteiger partial charge is 0.331 e. The lowest BCUT2D eigenvalue weighted by Crippen LogP contribution is -2.21. The molecule has 2 rings (SSSR count). The highest BCUT2D eigenvalue weighted by atomic mass is 16.5. The van der Waals surface area contributed by atoms with Gasteiger partial charge in [-0.05, 0) is 24.1 Å². The highest BCUT2D eigenvalue weighted by Gasteiger charge is 2.15. The molecular weight excluding hydrogens is 332 g/mol. The van der Waals surface area contributed by atoms with Crippen LogP contribution >= 0.6 is 0 Å². The minimum absolute atomic E-state index is 0.289. The van der Waals surface area contributed by atoms with Crippen LogP contribution in [-0.2, 0) is 19.1 Å². The Morgan fingerprint density at radius 3 is 2.85 bits per heavy atom. The van der Waals surface area contributed by atoms with E-state index in [0.29, 0.717) is 12.8 Å². The van der Waals surface area contributed by atoms with Crippen molar-refractivity contribution in [3.05, 3.63) is 66.3 Å². The van der Waals surface area contributed by atoms with E-state index < -0.39 is 18.2 Å². The molecule has 5 nitrogen and oxygen atoms in total. The fraction of sp³-hybridized carbons (Fsp3) is 0.333. The van der Waals surface area contributed by atoms with Crippen LogP contribution < -0.4 is 0 Å². The van der Waals surface area contributed by atoms with E-state index in [2.05, 4.69) is 0 Å². The molecule has 3 atom stereocenters. The van der Waals surface area contributed by atoms with Crippen molar-refractivity contribution in [2.24, 2.45) is 0 Å². The van der Waals surface area contributed by atoms with Gasteiger partial charge >= 0.3 is 11.9 Å². The van der Waals surface area contributed by atoms with E-state index in [1.54, 1.807) is 24.3 Å². The Kier molecular flexibility index (Phi) is 7.83. The first-order valence-corrected chi connectivity index (χ1v) is 8.65. The predicted molar refractivity (Wildman–Crippen MR) is 99.0 cm³/mol. The second kappa shape index (κ2) is 10.4. The Labute approximate surface area is 153 Å². The highest BCUT2D eigenvalue weighted by Crippen LogP contribution is 2.13. The van der Waals surface area contributed by atoms with Crippen LogP contribution in [0.2, 0.25) is 0 Å². The number of esters is 2. The van der Waals surface area contributed by atoms with Crippen LogP contribution in [0.25, 0.3) is 6.08 Å². The molecule has 5 heteroatoms. The van der Waals surface area contributed by atoms with Gasteiger partial charge in [0.2, 0.25) is 0 Å². The summed E-state index contributed by atoms with van der Waals surface area (Å²) in [7, 11) is 0. The normalized spacial score (nSPS) is 19.5. The van der Waals surface area contributed by atoms with Crippen LogP contribution in [0.3, 0.4) is 0 Å². The van der Waals surface area contributed by atoms with E-state index in [9.17, 15) is 14.7 Å². The van der Waals surface area contributed by atoms with Crippen LogP contribution in [0.5, 0.6) is 0 Å². The summed E-state index contributed by atoms with van der Waals surface area (Å²) >= 11 is 0. The Morgan fingerprint density at radius 2 is 2.15 bits per heavy atom. The first-order chi connectivity index (χ1) is 12.5. The highest BCUT2D eigenvalue weighted by molar-refractivity contribution is 5.82. The van der Waals surface area contributed by atoms with Gasteiger partial charge in [-0.25, -0.2) is 4.79 Å². The van der Waals surface area contributed by atoms with Gasteiger partial charge in [-0.15, -0.1) is 0 Å². The van der Waals surface area contributed by atoms with Crippen LogP contribution in [0.4, 0.5) is 0 Å². The zero-order valence-electron chi connectivity index (χ0n) is 14.8. The maximum atomic E-state index is 11.3. The van der Waals surface area contributed by atoms with E-state index in [4.69, 9.17) is 9.47 Å². The molecule has 0 amide bonds. The van der Waals surface area contributed by atoms with E-state index in [0.717, 1.165) is 5.56 Å². The molecule has 1 aliphatic rings. The van der Waals surface area contributed by atoms with Gasteiger partial charge in [0.1, 0.15) is 12.2 Å². The van der Waals surface area contributed by atoms with Crippen LogP contribution in [0, 0.1) is 0 Å². The number of hydrogen-bond acceptors (Lipinski definition) is 5. The molecule has 0 fully saturated rings. The Hall–Kier alpha value is -2.66. The molecule has 0 radical (unpaired) electrons. The second-order valence-electron chi connectivity index (χ2n) is 6.08. The third-order valence-corrected chi connectivity index (χ3v) is 3.77. The van der Waals surface area contributed by atoms with Gasteiger partial charge in [-0.3, -0.25) is 4.79 Å². The molecule has 0 spiro atoms. The van der Waals surface area contributed by atoms with Crippen LogP contribution in [-0.4, -0.2) is 35.4 Å². The second-order valence-corrected chi connectivity index (χ2v) is 6.08. The summed E-state index contributed by atoms with van der Waals surface area (Å²) in [6.07, 6.45) is 10.2. The minimum atomic E-state index is -0.675. The van der Waals surface area contributed by atoms with Crippen molar-refractivity contribution in [3.63, 3.8) is 0 Å². The average Bonchev–Trinajstić information content (AvgIpc) is 2.60. The molecular formula is C21H24O5. The first-order valence-electron chi connectivity index (χ1n) is 8.65. The lowest BCUT2D eigenvalue weighted by Gasteiger charge is -2.17. The standard InChI is InChI=1S/C21H24O5/c1-16(22)25-20(14-13-17-7-3-2-4-8-17)15-18(23)9-5-10-19-11-6-12-21(24)26-19/h2-8,10,12-14,18-20,23H,9,11,15H2,1H3. The lowest BCUT2D eigenvalue weighted by molar-refractivity contribution is -0.145. The summed E-state index contributed by atoms with van der Waals surface area (Å²) in [5, 5.41) is 10.2. The number of carbonyl (C=O) groups is 2. The fourth-order valence-corrected chi connectivity index (χ4v) is 2.57. The fourth-order valence-electron chi connectivity index (χ4n) is 2.57. The zero-order chi connectivity index (χ0) is 18.8. The maximum Gasteiger partial charge on any atom is 0.331 e. The molecule has 0 aromatic heterocycles. The number of ether oxygens (including phenoxy) is 2. The maximum absolute atomic E-state index is 11.3. The van der Waals surface area contributed by atoms with E-state index in [1.165, 1.54) is 13.0 Å². The largest absolute Gasteiger partial charge is 0.458 e. The van der Waals surface area contributed by atoms with Crippen molar-refractivity contribution in [2.45, 2.75) is 44.5 Å². The van der Waals surface area contributed by atoms with E-state index in [-0.39, 0.29) is 18.5 Å². The van der Waals surface area contributed by atoms with Crippen molar-refractivity contribution < 1.29 is 24.2 Å². The number of aliphatic hydroxyl groups excluding tert-OH is 1. The monoisotopic (exact) mass is 356 g/mol. The number of benzene rings is 1. The van der Waals surface area contributed by atoms with Gasteiger partial charge in [0.05, 0.1) is 6.10 Å². The Balaban J connectivity index is 1.86. The summed E-state index contributed by atoms with van der Waals surface area (Å²) in [4.78, 5) is 22.5. The molecule has 1 N–H and O–H groups in total. The summed E-state index contributed by atoms with van der Waals surface area (Å²) in [5.41, 5.74) is 0.992. The van der Waals surface area contributed by atoms with Gasteiger partial charge in [-0.1, -0.05) is 48.6 Å². The minimum Gasteiger partial charge on any atom is -0.458 e. The quantitative estimate of drug-likeness (QED) is 0.572. The van der Waals surface area contributed by atoms with Gasteiger partial charge in [0.25, 0.3) is 0 Å². The molecule has 1 aliphatic heterocycles. The van der Waals surface area contributed by atoms with Gasteiger partial charge in [0.15, 0.2) is 0 Å². The van der Waals surface area contributed by atoms with E-state index >= 15 is 0 Å². The molecule has 1 aromatic carbocycles. The molecule has 138 valence electrons. The third-order valence-electron chi connectivity index (χ3n) is 3.77. The van der Waals surface area contributed by atoms with Crippen molar-refractivity contribution in [3.8, 4) is 0 Å². The van der Waals surface area contributed by atoms with Gasteiger partial charge in [0, 0.05) is 25.8 Å². The average molecular weight is 356 g/mol. The summed E-state index contributed by atoms with van der Waals surface area (Å²) in [5.74, 6) is -0.747. The molecule has 0 aliphatic carbocycles. The molecule has 26 heavy (non-hydrogen) atoms. The van der Waals surface area contributed by atoms with Crippen molar-refractivity contribution in [2.75, 3.05) is 0 Å². The van der Waals surface area contributed by atoms with Crippen molar-refractivity contribution >= 4 is 18.0 Å². The molecule has 0 bridgehead atoms. The van der Waals surface area contributed by atoms with Gasteiger partial charge < -0.3 is 14.6 Å². The first kappa shape index (κ1) is 19.7. The molecule has 1 aromatic rings. The number of cyclic esters (lactones) is 1. The number of aliphatic hydroxyl groups is 1. The predicted octanol–water partition coefficient (Wildman–Crippen LogP) is 3.20. The SMILES string of the molecule is CC(=O)OC(C=Cc1ccccc1)CC(O)CC=CC1CC=CC(=O)O1. The summed E-state index contributed by atoms with van der Waals surface area (Å²) in [6, 6.07) is 9.66. The van der Waals surface area contributed by atoms with Crippen LogP contribution in [0.15, 0.2) is 60.7 Å². The third kappa shape index (κ3) is 7.49. The van der Waals surface area contributed by atoms with Crippen molar-refractivity contribution in [1.29, 1.82) is 0 Å². The van der Waals surface area contributed by atoms with Gasteiger partial charge in [-0.2, -0.15) is 0 Å².